The molecule has 14 heavy (non-hydrogen) atoms. The number of nitrogens with zero attached hydrogens (tertiary/aromatic N) is 2. The molecule has 1 saturated heterocycles. The van der Waals surface area contributed by atoms with E-state index in [9.17, 15) is 0 Å². The maximum atomic E-state index is 5.68. The molecular formula is C10H17N3O. The number of likely N-dealkylation sites (tertiary alicyclic amines) is 1. The second kappa shape index (κ2) is 4.57. The van der Waals surface area contributed by atoms with Crippen LogP contribution in [0, 0.1) is 5.92 Å². The van der Waals surface area contributed by atoms with Crippen molar-refractivity contribution in [3.8, 4) is 0 Å². The van der Waals surface area contributed by atoms with Crippen LogP contribution >= 0.6 is 0 Å². The summed E-state index contributed by atoms with van der Waals surface area (Å²) in [5.41, 5.74) is 6.84. The van der Waals surface area contributed by atoms with Crippen LogP contribution in [0.2, 0.25) is 0 Å². The van der Waals surface area contributed by atoms with Crippen LogP contribution in [0.4, 0.5) is 0 Å². The first-order chi connectivity index (χ1) is 6.88. The Hall–Kier alpha value is -0.870. The fourth-order valence-corrected chi connectivity index (χ4v) is 2.05. The standard InChI is InChI=1S/C10H17N3O/c11-4-9-2-1-3-13(6-9)7-10-5-12-14-8-10/h5,8-9H,1-4,6-7,11H2. The summed E-state index contributed by atoms with van der Waals surface area (Å²) >= 11 is 0. The van der Waals surface area contributed by atoms with Gasteiger partial charge in [0.1, 0.15) is 6.26 Å². The summed E-state index contributed by atoms with van der Waals surface area (Å²) in [4.78, 5) is 2.42. The van der Waals surface area contributed by atoms with Gasteiger partial charge in [0.25, 0.3) is 0 Å². The predicted molar refractivity (Wildman–Crippen MR) is 53.6 cm³/mol. The monoisotopic (exact) mass is 195 g/mol. The molecule has 0 bridgehead atoms. The van der Waals surface area contributed by atoms with Crippen molar-refractivity contribution in [1.29, 1.82) is 0 Å². The van der Waals surface area contributed by atoms with Crippen molar-refractivity contribution in [2.24, 2.45) is 11.7 Å². The van der Waals surface area contributed by atoms with Gasteiger partial charge in [0.2, 0.25) is 0 Å². The largest absolute Gasteiger partial charge is 0.364 e. The molecule has 0 spiro atoms. The fourth-order valence-electron chi connectivity index (χ4n) is 2.05. The second-order valence-electron chi connectivity index (χ2n) is 4.01. The van der Waals surface area contributed by atoms with Crippen molar-refractivity contribution in [3.63, 3.8) is 0 Å². The fraction of sp³-hybridized carbons (Fsp3) is 0.700. The smallest absolute Gasteiger partial charge is 0.128 e. The molecule has 1 aliphatic heterocycles. The molecule has 4 nitrogen and oxygen atoms in total. The van der Waals surface area contributed by atoms with Crippen LogP contribution in [0.15, 0.2) is 17.0 Å². The van der Waals surface area contributed by atoms with E-state index in [1.54, 1.807) is 12.5 Å². The van der Waals surface area contributed by atoms with E-state index in [0.717, 1.165) is 25.2 Å². The van der Waals surface area contributed by atoms with Crippen LogP contribution < -0.4 is 5.73 Å². The minimum Gasteiger partial charge on any atom is -0.364 e. The van der Waals surface area contributed by atoms with E-state index in [1.165, 1.54) is 19.4 Å². The number of piperidine rings is 1. The zero-order valence-corrected chi connectivity index (χ0v) is 8.35. The first-order valence-electron chi connectivity index (χ1n) is 5.19. The molecule has 4 heteroatoms. The molecule has 2 heterocycles. The number of hydrogen-bond acceptors (Lipinski definition) is 4. The average molecular weight is 195 g/mol. The van der Waals surface area contributed by atoms with Crippen molar-refractivity contribution < 1.29 is 4.52 Å². The molecule has 1 aliphatic rings. The van der Waals surface area contributed by atoms with Gasteiger partial charge in [0.05, 0.1) is 6.20 Å². The highest BCUT2D eigenvalue weighted by Crippen LogP contribution is 2.17. The van der Waals surface area contributed by atoms with E-state index in [2.05, 4.69) is 10.1 Å². The Bertz CT molecular complexity index is 260. The summed E-state index contributed by atoms with van der Waals surface area (Å²) in [5, 5.41) is 3.70. The molecule has 0 aromatic carbocycles. The Balaban J connectivity index is 1.86. The van der Waals surface area contributed by atoms with Crippen LogP contribution in [0.25, 0.3) is 0 Å². The molecule has 2 rings (SSSR count). The van der Waals surface area contributed by atoms with E-state index < -0.39 is 0 Å². The lowest BCUT2D eigenvalue weighted by molar-refractivity contribution is 0.170. The van der Waals surface area contributed by atoms with Crippen LogP contribution in [0.5, 0.6) is 0 Å². The Labute approximate surface area is 84.0 Å². The maximum absolute atomic E-state index is 5.68. The Kier molecular flexibility index (Phi) is 3.16. The highest BCUT2D eigenvalue weighted by Gasteiger charge is 2.18. The van der Waals surface area contributed by atoms with Gasteiger partial charge in [-0.05, 0) is 31.8 Å². The zero-order valence-electron chi connectivity index (χ0n) is 8.35. The van der Waals surface area contributed by atoms with E-state index in [0.29, 0.717) is 5.92 Å². The highest BCUT2D eigenvalue weighted by molar-refractivity contribution is 5.00. The molecule has 1 fully saturated rings. The lowest BCUT2D eigenvalue weighted by atomic mass is 9.98. The summed E-state index contributed by atoms with van der Waals surface area (Å²) in [7, 11) is 0. The lowest BCUT2D eigenvalue weighted by Crippen LogP contribution is -2.37. The third-order valence-electron chi connectivity index (χ3n) is 2.83. The Morgan fingerprint density at radius 3 is 3.29 bits per heavy atom. The minimum atomic E-state index is 0.670. The van der Waals surface area contributed by atoms with E-state index in [-0.39, 0.29) is 0 Å². The third kappa shape index (κ3) is 2.33. The SMILES string of the molecule is NCC1CCCN(Cc2cnoc2)C1. The Morgan fingerprint density at radius 2 is 2.57 bits per heavy atom. The topological polar surface area (TPSA) is 55.3 Å². The summed E-state index contributed by atoms with van der Waals surface area (Å²) in [5.74, 6) is 0.670. The summed E-state index contributed by atoms with van der Waals surface area (Å²) < 4.78 is 4.81. The van der Waals surface area contributed by atoms with Crippen molar-refractivity contribution in [3.05, 3.63) is 18.0 Å². The van der Waals surface area contributed by atoms with Crippen molar-refractivity contribution in [2.75, 3.05) is 19.6 Å². The summed E-state index contributed by atoms with van der Waals surface area (Å²) in [6.45, 7) is 4.03. The van der Waals surface area contributed by atoms with Gasteiger partial charge in [0.15, 0.2) is 0 Å². The number of nitrogens with two attached hydrogens (primary N) is 1. The molecule has 2 N–H and O–H groups in total. The molecule has 78 valence electrons. The number of hydrogen-bond donors (Lipinski definition) is 1. The Morgan fingerprint density at radius 1 is 1.64 bits per heavy atom. The van der Waals surface area contributed by atoms with Crippen molar-refractivity contribution >= 4 is 0 Å². The van der Waals surface area contributed by atoms with Gasteiger partial charge in [-0.25, -0.2) is 0 Å². The first kappa shape index (κ1) is 9.68. The summed E-state index contributed by atoms with van der Waals surface area (Å²) in [6.07, 6.45) is 6.03. The van der Waals surface area contributed by atoms with Crippen LogP contribution in [-0.4, -0.2) is 29.7 Å². The van der Waals surface area contributed by atoms with Gasteiger partial charge in [-0.1, -0.05) is 5.16 Å². The van der Waals surface area contributed by atoms with Crippen molar-refractivity contribution in [2.45, 2.75) is 19.4 Å². The van der Waals surface area contributed by atoms with Gasteiger partial charge < -0.3 is 10.3 Å². The van der Waals surface area contributed by atoms with E-state index >= 15 is 0 Å². The van der Waals surface area contributed by atoms with Crippen molar-refractivity contribution in [1.82, 2.24) is 10.1 Å². The molecule has 0 amide bonds. The molecule has 1 unspecified atom stereocenters. The highest BCUT2D eigenvalue weighted by atomic mass is 16.5. The predicted octanol–water partition coefficient (Wildman–Crippen LogP) is 0.845. The quantitative estimate of drug-likeness (QED) is 0.776. The first-order valence-corrected chi connectivity index (χ1v) is 5.19. The van der Waals surface area contributed by atoms with E-state index in [4.69, 9.17) is 10.3 Å². The van der Waals surface area contributed by atoms with Crippen LogP contribution in [-0.2, 0) is 6.54 Å². The molecular weight excluding hydrogens is 178 g/mol. The maximum Gasteiger partial charge on any atom is 0.128 e. The summed E-state index contributed by atoms with van der Waals surface area (Å²) in [6, 6.07) is 0. The van der Waals surface area contributed by atoms with E-state index in [1.807, 2.05) is 0 Å². The molecule has 0 saturated carbocycles. The minimum absolute atomic E-state index is 0.670. The van der Waals surface area contributed by atoms with Gasteiger partial charge in [-0.3, -0.25) is 4.90 Å². The van der Waals surface area contributed by atoms with Gasteiger partial charge in [-0.2, -0.15) is 0 Å². The van der Waals surface area contributed by atoms with Gasteiger partial charge in [-0.15, -0.1) is 0 Å². The third-order valence-corrected chi connectivity index (χ3v) is 2.83. The molecule has 1 aromatic rings. The normalized spacial score (nSPS) is 23.9. The van der Waals surface area contributed by atoms with Gasteiger partial charge in [0, 0.05) is 18.7 Å². The molecule has 1 aromatic heterocycles. The van der Waals surface area contributed by atoms with Crippen LogP contribution in [0.3, 0.4) is 0 Å². The lowest BCUT2D eigenvalue weighted by Gasteiger charge is -2.31. The van der Waals surface area contributed by atoms with Crippen LogP contribution in [0.1, 0.15) is 18.4 Å². The second-order valence-corrected chi connectivity index (χ2v) is 4.01. The zero-order chi connectivity index (χ0) is 9.80. The average Bonchev–Trinajstić information content (AvgIpc) is 2.71. The number of rotatable bonds is 3. The molecule has 0 radical (unpaired) electrons. The number of aromatic nitrogens is 1. The van der Waals surface area contributed by atoms with Gasteiger partial charge >= 0.3 is 0 Å². The molecule has 1 atom stereocenters. The molecule has 0 aliphatic carbocycles.